The Kier molecular flexibility index (Phi) is 4.93. The zero-order valence-corrected chi connectivity index (χ0v) is 14.9. The third-order valence-corrected chi connectivity index (χ3v) is 4.83. The number of aryl methyl sites for hydroxylation is 2. The van der Waals surface area contributed by atoms with Gasteiger partial charge in [-0.15, -0.1) is 0 Å². The highest BCUT2D eigenvalue weighted by atomic mass is 16.2. The molecular formula is C20H27N3O. The fourth-order valence-corrected chi connectivity index (χ4v) is 3.54. The van der Waals surface area contributed by atoms with Crippen molar-refractivity contribution in [3.05, 3.63) is 58.9 Å². The molecule has 1 aliphatic heterocycles. The summed E-state index contributed by atoms with van der Waals surface area (Å²) in [7, 11) is 0. The molecule has 0 fully saturated rings. The number of rotatable bonds is 4. The second kappa shape index (κ2) is 7.12. The minimum absolute atomic E-state index is 0.0176. The predicted molar refractivity (Wildman–Crippen MR) is 97.2 cm³/mol. The van der Waals surface area contributed by atoms with Crippen LogP contribution in [0, 0.1) is 13.8 Å². The maximum absolute atomic E-state index is 12.8. The number of hydrogen-bond acceptors (Lipinski definition) is 1. The van der Waals surface area contributed by atoms with Crippen molar-refractivity contribution in [1.82, 2.24) is 14.8 Å². The first-order valence-corrected chi connectivity index (χ1v) is 8.88. The molecule has 24 heavy (non-hydrogen) atoms. The standard InChI is InChI=1S/C20H27N3O/c1-4-5-10-21-20(24)23-13-12-22-11-6-7-18(22)19(23)17-9-8-15(2)14-16(17)3/h6-9,11,14,19H,4-5,10,12-13H2,1-3H3,(H,21,24). The molecule has 2 aromatic rings. The van der Waals surface area contributed by atoms with Crippen LogP contribution < -0.4 is 5.32 Å². The summed E-state index contributed by atoms with van der Waals surface area (Å²) >= 11 is 0. The highest BCUT2D eigenvalue weighted by Crippen LogP contribution is 2.34. The zero-order chi connectivity index (χ0) is 17.1. The average Bonchev–Trinajstić information content (AvgIpc) is 3.03. The van der Waals surface area contributed by atoms with E-state index in [0.29, 0.717) is 0 Å². The minimum atomic E-state index is -0.0176. The van der Waals surface area contributed by atoms with Gasteiger partial charge >= 0.3 is 6.03 Å². The molecule has 4 heteroatoms. The van der Waals surface area contributed by atoms with Gasteiger partial charge in [0.15, 0.2) is 0 Å². The number of hydrogen-bond donors (Lipinski definition) is 1. The van der Waals surface area contributed by atoms with E-state index in [1.165, 1.54) is 22.4 Å². The van der Waals surface area contributed by atoms with Crippen molar-refractivity contribution < 1.29 is 4.79 Å². The Morgan fingerprint density at radius 2 is 2.08 bits per heavy atom. The average molecular weight is 325 g/mol. The Morgan fingerprint density at radius 3 is 2.83 bits per heavy atom. The van der Waals surface area contributed by atoms with Gasteiger partial charge in [-0.2, -0.15) is 0 Å². The van der Waals surface area contributed by atoms with Gasteiger partial charge in [0.2, 0.25) is 0 Å². The normalized spacial score (nSPS) is 16.8. The van der Waals surface area contributed by atoms with Gasteiger partial charge in [-0.05, 0) is 43.5 Å². The molecule has 128 valence electrons. The van der Waals surface area contributed by atoms with E-state index in [0.717, 1.165) is 32.5 Å². The molecule has 1 unspecified atom stereocenters. The molecule has 0 bridgehead atoms. The molecule has 2 heterocycles. The molecule has 1 aromatic heterocycles. The second-order valence-electron chi connectivity index (χ2n) is 6.67. The van der Waals surface area contributed by atoms with Crippen molar-refractivity contribution >= 4 is 6.03 Å². The van der Waals surface area contributed by atoms with Crippen LogP contribution in [0.1, 0.15) is 48.2 Å². The first kappa shape index (κ1) is 16.6. The third kappa shape index (κ3) is 3.18. The Balaban J connectivity index is 1.95. The van der Waals surface area contributed by atoms with Crippen LogP contribution in [0.4, 0.5) is 4.79 Å². The van der Waals surface area contributed by atoms with Gasteiger partial charge in [-0.1, -0.05) is 37.1 Å². The Labute approximate surface area is 144 Å². The molecular weight excluding hydrogens is 298 g/mol. The maximum atomic E-state index is 12.8. The molecule has 1 aromatic carbocycles. The van der Waals surface area contributed by atoms with Crippen LogP contribution in [0.2, 0.25) is 0 Å². The van der Waals surface area contributed by atoms with E-state index in [9.17, 15) is 4.79 Å². The molecule has 1 N–H and O–H groups in total. The van der Waals surface area contributed by atoms with Crippen LogP contribution in [0.5, 0.6) is 0 Å². The van der Waals surface area contributed by atoms with Crippen LogP contribution >= 0.6 is 0 Å². The number of carbonyl (C=O) groups excluding carboxylic acids is 1. The summed E-state index contributed by atoms with van der Waals surface area (Å²) in [6.07, 6.45) is 4.21. The first-order chi connectivity index (χ1) is 11.6. The van der Waals surface area contributed by atoms with Gasteiger partial charge < -0.3 is 14.8 Å². The van der Waals surface area contributed by atoms with E-state index >= 15 is 0 Å². The van der Waals surface area contributed by atoms with Gasteiger partial charge in [-0.25, -0.2) is 4.79 Å². The van der Waals surface area contributed by atoms with Gasteiger partial charge in [0.25, 0.3) is 0 Å². The number of benzene rings is 1. The topological polar surface area (TPSA) is 37.3 Å². The van der Waals surface area contributed by atoms with E-state index in [-0.39, 0.29) is 12.1 Å². The zero-order valence-electron chi connectivity index (χ0n) is 14.9. The quantitative estimate of drug-likeness (QED) is 0.847. The Morgan fingerprint density at radius 1 is 1.25 bits per heavy atom. The van der Waals surface area contributed by atoms with E-state index in [4.69, 9.17) is 0 Å². The number of aromatic nitrogens is 1. The minimum Gasteiger partial charge on any atom is -0.348 e. The van der Waals surface area contributed by atoms with Crippen LogP contribution in [-0.4, -0.2) is 28.6 Å². The molecule has 1 aliphatic rings. The number of unbranched alkanes of at least 4 members (excludes halogenated alkanes) is 1. The Hall–Kier alpha value is -2.23. The number of amides is 2. The number of carbonyl (C=O) groups is 1. The fraction of sp³-hybridized carbons (Fsp3) is 0.450. The SMILES string of the molecule is CCCCNC(=O)N1CCn2cccc2C1c1ccc(C)cc1C. The largest absolute Gasteiger partial charge is 0.348 e. The number of fused-ring (bicyclic) bond motifs is 1. The number of nitrogens with one attached hydrogen (secondary N) is 1. The lowest BCUT2D eigenvalue weighted by Gasteiger charge is -2.38. The molecule has 1 atom stereocenters. The van der Waals surface area contributed by atoms with Gasteiger partial charge in [0.05, 0.1) is 6.04 Å². The molecule has 3 rings (SSSR count). The third-order valence-electron chi connectivity index (χ3n) is 4.83. The molecule has 4 nitrogen and oxygen atoms in total. The highest BCUT2D eigenvalue weighted by molar-refractivity contribution is 5.75. The van der Waals surface area contributed by atoms with Crippen LogP contribution in [0.15, 0.2) is 36.5 Å². The smallest absolute Gasteiger partial charge is 0.318 e. The molecule has 0 saturated carbocycles. The fourth-order valence-electron chi connectivity index (χ4n) is 3.54. The summed E-state index contributed by atoms with van der Waals surface area (Å²) in [4.78, 5) is 14.8. The maximum Gasteiger partial charge on any atom is 0.318 e. The van der Waals surface area contributed by atoms with Crippen LogP contribution in [0.3, 0.4) is 0 Å². The van der Waals surface area contributed by atoms with Crippen molar-refractivity contribution in [3.63, 3.8) is 0 Å². The van der Waals surface area contributed by atoms with Gasteiger partial charge in [0, 0.05) is 31.5 Å². The highest BCUT2D eigenvalue weighted by Gasteiger charge is 2.32. The number of nitrogens with zero attached hydrogens (tertiary/aromatic N) is 2. The van der Waals surface area contributed by atoms with Crippen molar-refractivity contribution in [2.45, 2.75) is 46.2 Å². The molecule has 0 aliphatic carbocycles. The Bertz CT molecular complexity index is 719. The number of urea groups is 1. The van der Waals surface area contributed by atoms with Crippen LogP contribution in [0.25, 0.3) is 0 Å². The molecule has 0 saturated heterocycles. The summed E-state index contributed by atoms with van der Waals surface area (Å²) in [5, 5.41) is 3.08. The van der Waals surface area contributed by atoms with E-state index in [1.807, 2.05) is 4.90 Å². The van der Waals surface area contributed by atoms with Gasteiger partial charge in [-0.3, -0.25) is 0 Å². The summed E-state index contributed by atoms with van der Waals surface area (Å²) in [6, 6.07) is 10.7. The lowest BCUT2D eigenvalue weighted by Crippen LogP contribution is -2.47. The van der Waals surface area contributed by atoms with Gasteiger partial charge in [0.1, 0.15) is 0 Å². The van der Waals surface area contributed by atoms with Crippen molar-refractivity contribution in [3.8, 4) is 0 Å². The monoisotopic (exact) mass is 325 g/mol. The summed E-state index contributed by atoms with van der Waals surface area (Å²) in [6.45, 7) is 8.71. The van der Waals surface area contributed by atoms with E-state index in [1.54, 1.807) is 0 Å². The molecule has 0 radical (unpaired) electrons. The molecule has 0 spiro atoms. The van der Waals surface area contributed by atoms with Crippen molar-refractivity contribution in [1.29, 1.82) is 0 Å². The summed E-state index contributed by atoms with van der Waals surface area (Å²) in [5.74, 6) is 0. The predicted octanol–water partition coefficient (Wildman–Crippen LogP) is 4.02. The summed E-state index contributed by atoms with van der Waals surface area (Å²) < 4.78 is 2.26. The van der Waals surface area contributed by atoms with Crippen molar-refractivity contribution in [2.24, 2.45) is 0 Å². The first-order valence-electron chi connectivity index (χ1n) is 8.88. The lowest BCUT2D eigenvalue weighted by molar-refractivity contribution is 0.168. The van der Waals surface area contributed by atoms with Crippen LogP contribution in [-0.2, 0) is 6.54 Å². The summed E-state index contributed by atoms with van der Waals surface area (Å²) in [5.41, 5.74) is 4.90. The van der Waals surface area contributed by atoms with Crippen molar-refractivity contribution in [2.75, 3.05) is 13.1 Å². The van der Waals surface area contributed by atoms with E-state index < -0.39 is 0 Å². The second-order valence-corrected chi connectivity index (χ2v) is 6.67. The lowest BCUT2D eigenvalue weighted by atomic mass is 9.94. The molecule has 2 amide bonds. The van der Waals surface area contributed by atoms with E-state index in [2.05, 4.69) is 67.2 Å².